The molecule has 0 aromatic heterocycles. The maximum Gasteiger partial charge on any atom is 0.343 e. The maximum absolute atomic E-state index is 10.6. The number of nitrogens with one attached hydrogen (secondary N) is 3. The molecule has 0 aromatic rings. The molecule has 0 aliphatic carbocycles. The minimum absolute atomic E-state index is 0.428. The lowest BCUT2D eigenvalue weighted by Crippen LogP contribution is -2.54. The number of hydrogen-bond acceptors (Lipinski definition) is 4. The molecule has 0 spiro atoms. The number of hydrazine groups is 2. The first-order valence-corrected chi connectivity index (χ1v) is 4.57. The van der Waals surface area contributed by atoms with Gasteiger partial charge in [0.05, 0.1) is 0 Å². The lowest BCUT2D eigenvalue weighted by atomic mass is 10.4. The molecule has 1 aliphatic heterocycles. The molecule has 1 aliphatic rings. The monoisotopic (exact) mass is 167 g/mol. The summed E-state index contributed by atoms with van der Waals surface area (Å²) < 4.78 is 10.6. The Labute approximate surface area is 58.1 Å². The van der Waals surface area contributed by atoms with Crippen molar-refractivity contribution in [1.29, 1.82) is 0 Å². The Balaban J connectivity index is 2.47. The SMILES string of the molecule is O=P(O)(O)C1CCNNN1. The van der Waals surface area contributed by atoms with Gasteiger partial charge < -0.3 is 9.79 Å². The van der Waals surface area contributed by atoms with Crippen molar-refractivity contribution in [3.05, 3.63) is 0 Å². The Morgan fingerprint density at radius 2 is 2.20 bits per heavy atom. The molecule has 6 nitrogen and oxygen atoms in total. The Morgan fingerprint density at radius 1 is 1.50 bits per heavy atom. The lowest BCUT2D eigenvalue weighted by Gasteiger charge is -2.25. The molecule has 1 saturated heterocycles. The highest BCUT2D eigenvalue weighted by Crippen LogP contribution is 2.41. The molecule has 1 atom stereocenters. The van der Waals surface area contributed by atoms with Crippen molar-refractivity contribution in [2.45, 2.75) is 12.2 Å². The third kappa shape index (κ3) is 2.02. The second kappa shape index (κ2) is 2.96. The average Bonchev–Trinajstić information content (AvgIpc) is 1.88. The van der Waals surface area contributed by atoms with Crippen LogP contribution < -0.4 is 16.4 Å². The highest BCUT2D eigenvalue weighted by atomic mass is 31.2. The molecule has 1 heterocycles. The molecule has 0 aromatic carbocycles. The molecular formula is C3H10N3O3P. The molecule has 1 unspecified atom stereocenters. The van der Waals surface area contributed by atoms with E-state index in [2.05, 4.69) is 16.4 Å². The first-order chi connectivity index (χ1) is 4.61. The van der Waals surface area contributed by atoms with Crippen LogP contribution in [0.4, 0.5) is 0 Å². The Kier molecular flexibility index (Phi) is 2.40. The van der Waals surface area contributed by atoms with Crippen LogP contribution in [0.25, 0.3) is 0 Å². The van der Waals surface area contributed by atoms with Crippen molar-refractivity contribution in [1.82, 2.24) is 16.4 Å². The van der Waals surface area contributed by atoms with Crippen molar-refractivity contribution in [3.8, 4) is 0 Å². The Morgan fingerprint density at radius 3 is 2.50 bits per heavy atom. The van der Waals surface area contributed by atoms with Crippen LogP contribution in [0, 0.1) is 0 Å². The van der Waals surface area contributed by atoms with Gasteiger partial charge in [-0.1, -0.05) is 0 Å². The summed E-state index contributed by atoms with van der Waals surface area (Å²) in [5, 5.41) is 0. The zero-order valence-electron chi connectivity index (χ0n) is 5.24. The van der Waals surface area contributed by atoms with Crippen molar-refractivity contribution in [3.63, 3.8) is 0 Å². The summed E-state index contributed by atoms with van der Waals surface area (Å²) in [6, 6.07) is 0. The van der Waals surface area contributed by atoms with Crippen LogP contribution in [0.2, 0.25) is 0 Å². The van der Waals surface area contributed by atoms with Gasteiger partial charge in [0.1, 0.15) is 5.78 Å². The standard InChI is InChI=1S/C3H10N3O3P/c7-10(8,9)3-1-2-4-6-5-3/h3-6H,1-2H2,(H2,7,8,9). The largest absolute Gasteiger partial charge is 0.343 e. The van der Waals surface area contributed by atoms with E-state index in [1.54, 1.807) is 0 Å². The van der Waals surface area contributed by atoms with Crippen molar-refractivity contribution < 1.29 is 14.4 Å². The van der Waals surface area contributed by atoms with Crippen LogP contribution in [-0.2, 0) is 4.57 Å². The third-order valence-corrected chi connectivity index (χ3v) is 2.48. The normalized spacial score (nSPS) is 28.4. The van der Waals surface area contributed by atoms with Crippen LogP contribution in [0.5, 0.6) is 0 Å². The summed E-state index contributed by atoms with van der Waals surface area (Å²) in [4.78, 5) is 17.2. The van der Waals surface area contributed by atoms with E-state index in [-0.39, 0.29) is 0 Å². The van der Waals surface area contributed by atoms with Crippen molar-refractivity contribution in [2.24, 2.45) is 0 Å². The fourth-order valence-corrected chi connectivity index (χ4v) is 1.43. The summed E-state index contributed by atoms with van der Waals surface area (Å²) in [5.41, 5.74) is 7.57. The van der Waals surface area contributed by atoms with Gasteiger partial charge in [0, 0.05) is 6.54 Å². The van der Waals surface area contributed by atoms with Gasteiger partial charge in [-0.3, -0.25) is 4.57 Å². The van der Waals surface area contributed by atoms with Gasteiger partial charge in [0.15, 0.2) is 0 Å². The fourth-order valence-electron chi connectivity index (χ4n) is 0.730. The Hall–Kier alpha value is 0.0300. The molecule has 0 saturated carbocycles. The summed E-state index contributed by atoms with van der Waals surface area (Å²) in [5.74, 6) is -0.756. The smallest absolute Gasteiger partial charge is 0.323 e. The van der Waals surface area contributed by atoms with Crippen molar-refractivity contribution in [2.75, 3.05) is 6.54 Å². The van der Waals surface area contributed by atoms with Crippen LogP contribution in [0.15, 0.2) is 0 Å². The van der Waals surface area contributed by atoms with E-state index in [0.717, 1.165) is 0 Å². The number of rotatable bonds is 1. The first kappa shape index (κ1) is 8.13. The molecule has 1 fully saturated rings. The van der Waals surface area contributed by atoms with Crippen LogP contribution in [0.1, 0.15) is 6.42 Å². The summed E-state index contributed by atoms with van der Waals surface area (Å²) in [6.07, 6.45) is 0.428. The van der Waals surface area contributed by atoms with Gasteiger partial charge >= 0.3 is 7.60 Å². The predicted octanol–water partition coefficient (Wildman–Crippen LogP) is -1.51. The van der Waals surface area contributed by atoms with Gasteiger partial charge in [-0.25, -0.2) is 10.9 Å². The molecule has 1 rings (SSSR count). The molecular weight excluding hydrogens is 157 g/mol. The first-order valence-electron chi connectivity index (χ1n) is 2.89. The van der Waals surface area contributed by atoms with E-state index in [4.69, 9.17) is 9.79 Å². The average molecular weight is 167 g/mol. The molecule has 60 valence electrons. The molecule has 7 heteroatoms. The van der Waals surface area contributed by atoms with E-state index < -0.39 is 13.4 Å². The van der Waals surface area contributed by atoms with Gasteiger partial charge in [-0.15, -0.1) is 0 Å². The summed E-state index contributed by atoms with van der Waals surface area (Å²) >= 11 is 0. The Bertz CT molecular complexity index is 151. The summed E-state index contributed by atoms with van der Waals surface area (Å²) in [7, 11) is -3.95. The van der Waals surface area contributed by atoms with E-state index in [1.807, 2.05) is 0 Å². The van der Waals surface area contributed by atoms with Crippen LogP contribution in [0.3, 0.4) is 0 Å². The minimum Gasteiger partial charge on any atom is -0.323 e. The van der Waals surface area contributed by atoms with E-state index in [9.17, 15) is 4.57 Å². The van der Waals surface area contributed by atoms with Crippen LogP contribution in [-0.4, -0.2) is 22.1 Å². The van der Waals surface area contributed by atoms with Gasteiger partial charge in [-0.05, 0) is 6.42 Å². The van der Waals surface area contributed by atoms with Gasteiger partial charge in [0.25, 0.3) is 0 Å². The quantitative estimate of drug-likeness (QED) is 0.305. The van der Waals surface area contributed by atoms with E-state index in [1.165, 1.54) is 0 Å². The lowest BCUT2D eigenvalue weighted by molar-refractivity contribution is 0.285. The van der Waals surface area contributed by atoms with Crippen molar-refractivity contribution >= 4 is 7.60 Å². The molecule has 10 heavy (non-hydrogen) atoms. The van der Waals surface area contributed by atoms with Crippen LogP contribution >= 0.6 is 7.60 Å². The third-order valence-electron chi connectivity index (χ3n) is 1.28. The summed E-state index contributed by atoms with van der Waals surface area (Å²) in [6.45, 7) is 0.558. The zero-order valence-corrected chi connectivity index (χ0v) is 6.14. The molecule has 0 bridgehead atoms. The second-order valence-corrected chi connectivity index (χ2v) is 3.89. The fraction of sp³-hybridized carbons (Fsp3) is 1.00. The van der Waals surface area contributed by atoms with Gasteiger partial charge in [0.2, 0.25) is 0 Å². The highest BCUT2D eigenvalue weighted by molar-refractivity contribution is 7.52. The maximum atomic E-state index is 10.6. The van der Waals surface area contributed by atoms with E-state index in [0.29, 0.717) is 13.0 Å². The van der Waals surface area contributed by atoms with E-state index >= 15 is 0 Å². The van der Waals surface area contributed by atoms with Gasteiger partial charge in [-0.2, -0.15) is 5.53 Å². The molecule has 5 N–H and O–H groups in total. The highest BCUT2D eigenvalue weighted by Gasteiger charge is 2.29. The molecule has 0 radical (unpaired) electrons. The topological polar surface area (TPSA) is 93.6 Å². The zero-order chi connectivity index (χ0) is 7.61. The molecule has 0 amide bonds. The number of hydrogen-bond donors (Lipinski definition) is 5. The predicted molar refractivity (Wildman–Crippen MR) is 34.7 cm³/mol. The second-order valence-electron chi connectivity index (χ2n) is 2.09. The minimum atomic E-state index is -3.95.